The molecule has 2 aromatic rings. The van der Waals surface area contributed by atoms with Gasteiger partial charge in [-0.25, -0.2) is 4.98 Å². The molecule has 0 saturated carbocycles. The number of nitrogens with zero attached hydrogens (tertiary/aromatic N) is 1. The molecular weight excluding hydrogens is 332 g/mol. The van der Waals surface area contributed by atoms with E-state index in [0.29, 0.717) is 13.2 Å². The Morgan fingerprint density at radius 2 is 2.00 bits per heavy atom. The Morgan fingerprint density at radius 3 is 2.81 bits per heavy atom. The lowest BCUT2D eigenvalue weighted by atomic mass is 10.2. The number of fused-ring (bicyclic) bond motifs is 1. The predicted octanol–water partition coefficient (Wildman–Crippen LogP) is 3.93. The zero-order valence-electron chi connectivity index (χ0n) is 11.9. The molecule has 0 amide bonds. The fourth-order valence-corrected chi connectivity index (χ4v) is 2.39. The van der Waals surface area contributed by atoms with Gasteiger partial charge in [0.15, 0.2) is 11.5 Å². The summed E-state index contributed by atoms with van der Waals surface area (Å²) < 4.78 is 12.2. The first-order chi connectivity index (χ1) is 10.2. The van der Waals surface area contributed by atoms with Gasteiger partial charge in [-0.15, -0.1) is 0 Å². The highest BCUT2D eigenvalue weighted by Gasteiger charge is 2.10. The molecule has 2 heterocycles. The zero-order chi connectivity index (χ0) is 14.7. The molecule has 0 bridgehead atoms. The Labute approximate surface area is 132 Å². The van der Waals surface area contributed by atoms with Crippen molar-refractivity contribution in [2.75, 3.05) is 18.5 Å². The molecule has 0 radical (unpaired) electrons. The second-order valence-electron chi connectivity index (χ2n) is 5.02. The summed E-state index contributed by atoms with van der Waals surface area (Å²) in [5, 5.41) is 3.37. The van der Waals surface area contributed by atoms with Crippen molar-refractivity contribution >= 4 is 21.6 Å². The quantitative estimate of drug-likeness (QED) is 0.853. The summed E-state index contributed by atoms with van der Waals surface area (Å²) in [6.07, 6.45) is 2.74. The molecule has 5 heteroatoms. The van der Waals surface area contributed by atoms with E-state index in [1.54, 1.807) is 0 Å². The van der Waals surface area contributed by atoms with Crippen molar-refractivity contribution in [3.8, 4) is 11.5 Å². The normalized spacial score (nSPS) is 13.6. The van der Waals surface area contributed by atoms with Gasteiger partial charge in [-0.1, -0.05) is 6.07 Å². The van der Waals surface area contributed by atoms with Gasteiger partial charge in [0.05, 0.1) is 25.1 Å². The van der Waals surface area contributed by atoms with Crippen LogP contribution in [0.2, 0.25) is 0 Å². The number of ether oxygens (including phenoxy) is 2. The summed E-state index contributed by atoms with van der Waals surface area (Å²) >= 11 is 3.40. The van der Waals surface area contributed by atoms with Crippen LogP contribution < -0.4 is 14.8 Å². The van der Waals surface area contributed by atoms with E-state index in [1.165, 1.54) is 0 Å². The van der Waals surface area contributed by atoms with Gasteiger partial charge in [0.25, 0.3) is 0 Å². The first kappa shape index (κ1) is 14.2. The van der Waals surface area contributed by atoms with Crippen LogP contribution in [0.15, 0.2) is 35.1 Å². The van der Waals surface area contributed by atoms with Crippen molar-refractivity contribution in [2.45, 2.75) is 19.9 Å². The number of nitrogens with one attached hydrogen (secondary N) is 1. The summed E-state index contributed by atoms with van der Waals surface area (Å²) in [5.74, 6) is 1.66. The topological polar surface area (TPSA) is 43.4 Å². The van der Waals surface area contributed by atoms with Crippen molar-refractivity contribution in [3.05, 3.63) is 46.2 Å². The van der Waals surface area contributed by atoms with Crippen LogP contribution in [0, 0.1) is 6.92 Å². The molecule has 1 N–H and O–H groups in total. The van der Waals surface area contributed by atoms with Crippen LogP contribution in [0.1, 0.15) is 17.5 Å². The summed E-state index contributed by atoms with van der Waals surface area (Å²) in [5.41, 5.74) is 3.27. The van der Waals surface area contributed by atoms with Crippen LogP contribution in [-0.4, -0.2) is 18.2 Å². The fourth-order valence-electron chi connectivity index (χ4n) is 2.18. The summed E-state index contributed by atoms with van der Waals surface area (Å²) in [4.78, 5) is 4.28. The summed E-state index contributed by atoms with van der Waals surface area (Å²) in [6.45, 7) is 4.17. The Balaban J connectivity index is 1.70. The smallest absolute Gasteiger partial charge is 0.161 e. The Kier molecular flexibility index (Phi) is 4.29. The third-order valence-corrected chi connectivity index (χ3v) is 4.15. The third-order valence-electron chi connectivity index (χ3n) is 3.32. The van der Waals surface area contributed by atoms with Crippen molar-refractivity contribution in [3.63, 3.8) is 0 Å². The lowest BCUT2D eigenvalue weighted by molar-refractivity contribution is 0.297. The second-order valence-corrected chi connectivity index (χ2v) is 5.77. The number of anilines is 1. The second kappa shape index (κ2) is 6.35. The Bertz CT molecular complexity index is 646. The fraction of sp³-hybridized carbons (Fsp3) is 0.312. The molecule has 0 saturated heterocycles. The van der Waals surface area contributed by atoms with Crippen LogP contribution in [0.3, 0.4) is 0 Å². The SMILES string of the molecule is Cc1cc(NCc2ccc3c(c2)OCCCO3)cnc1Br. The molecule has 1 aromatic heterocycles. The number of aryl methyl sites for hydroxylation is 1. The molecule has 1 aliphatic heterocycles. The van der Waals surface area contributed by atoms with E-state index >= 15 is 0 Å². The van der Waals surface area contributed by atoms with Crippen LogP contribution in [-0.2, 0) is 6.54 Å². The number of benzene rings is 1. The minimum absolute atomic E-state index is 0.708. The molecule has 4 nitrogen and oxygen atoms in total. The molecule has 1 aliphatic rings. The molecule has 3 rings (SSSR count). The Hall–Kier alpha value is -1.75. The number of halogens is 1. The molecule has 0 unspecified atom stereocenters. The number of aromatic nitrogens is 1. The van der Waals surface area contributed by atoms with Gasteiger partial charge in [-0.2, -0.15) is 0 Å². The number of hydrogen-bond donors (Lipinski definition) is 1. The van der Waals surface area contributed by atoms with E-state index in [0.717, 1.165) is 45.9 Å². The van der Waals surface area contributed by atoms with Crippen LogP contribution in [0.25, 0.3) is 0 Å². The predicted molar refractivity (Wildman–Crippen MR) is 86.0 cm³/mol. The third kappa shape index (κ3) is 3.47. The van der Waals surface area contributed by atoms with Crippen molar-refractivity contribution in [2.24, 2.45) is 0 Å². The van der Waals surface area contributed by atoms with Gasteiger partial charge in [-0.05, 0) is 52.2 Å². The maximum atomic E-state index is 5.70. The van der Waals surface area contributed by atoms with E-state index in [9.17, 15) is 0 Å². The largest absolute Gasteiger partial charge is 0.490 e. The Morgan fingerprint density at radius 1 is 1.19 bits per heavy atom. The highest BCUT2D eigenvalue weighted by atomic mass is 79.9. The van der Waals surface area contributed by atoms with Crippen molar-refractivity contribution in [1.82, 2.24) is 4.98 Å². The van der Waals surface area contributed by atoms with Gasteiger partial charge >= 0.3 is 0 Å². The summed E-state index contributed by atoms with van der Waals surface area (Å²) in [6, 6.07) is 8.13. The lowest BCUT2D eigenvalue weighted by Gasteiger charge is -2.11. The average Bonchev–Trinajstić information content (AvgIpc) is 2.73. The number of pyridine rings is 1. The molecule has 110 valence electrons. The van der Waals surface area contributed by atoms with E-state index in [2.05, 4.69) is 38.4 Å². The van der Waals surface area contributed by atoms with E-state index in [4.69, 9.17) is 9.47 Å². The van der Waals surface area contributed by atoms with Gasteiger partial charge in [0.2, 0.25) is 0 Å². The first-order valence-corrected chi connectivity index (χ1v) is 7.76. The van der Waals surface area contributed by atoms with Gasteiger partial charge in [-0.3, -0.25) is 0 Å². The molecule has 0 spiro atoms. The van der Waals surface area contributed by atoms with E-state index in [-0.39, 0.29) is 0 Å². The molecular formula is C16H17BrN2O2. The highest BCUT2D eigenvalue weighted by Crippen LogP contribution is 2.30. The van der Waals surface area contributed by atoms with Crippen LogP contribution in [0.5, 0.6) is 11.5 Å². The number of rotatable bonds is 3. The van der Waals surface area contributed by atoms with Gasteiger partial charge < -0.3 is 14.8 Å². The zero-order valence-corrected chi connectivity index (χ0v) is 13.4. The van der Waals surface area contributed by atoms with Crippen LogP contribution >= 0.6 is 15.9 Å². The van der Waals surface area contributed by atoms with E-state index in [1.807, 2.05) is 25.3 Å². The lowest BCUT2D eigenvalue weighted by Crippen LogP contribution is -2.01. The molecule has 21 heavy (non-hydrogen) atoms. The molecule has 1 aromatic carbocycles. The maximum Gasteiger partial charge on any atom is 0.161 e. The maximum absolute atomic E-state index is 5.70. The first-order valence-electron chi connectivity index (χ1n) is 6.97. The van der Waals surface area contributed by atoms with Crippen LogP contribution in [0.4, 0.5) is 5.69 Å². The number of hydrogen-bond acceptors (Lipinski definition) is 4. The van der Waals surface area contributed by atoms with Gasteiger partial charge in [0, 0.05) is 13.0 Å². The monoisotopic (exact) mass is 348 g/mol. The molecule has 0 atom stereocenters. The molecule has 0 fully saturated rings. The minimum atomic E-state index is 0.708. The standard InChI is InChI=1S/C16H17BrN2O2/c1-11-7-13(10-19-16(11)17)18-9-12-3-4-14-15(8-12)21-6-2-5-20-14/h3-4,7-8,10,18H,2,5-6,9H2,1H3. The average molecular weight is 349 g/mol. The summed E-state index contributed by atoms with van der Waals surface area (Å²) in [7, 11) is 0. The highest BCUT2D eigenvalue weighted by molar-refractivity contribution is 9.10. The minimum Gasteiger partial charge on any atom is -0.490 e. The molecule has 0 aliphatic carbocycles. The van der Waals surface area contributed by atoms with Crippen molar-refractivity contribution in [1.29, 1.82) is 0 Å². The van der Waals surface area contributed by atoms with E-state index < -0.39 is 0 Å². The van der Waals surface area contributed by atoms with Crippen molar-refractivity contribution < 1.29 is 9.47 Å². The van der Waals surface area contributed by atoms with Gasteiger partial charge in [0.1, 0.15) is 4.60 Å².